The number of carbonyl (C=O) groups is 1. The van der Waals surface area contributed by atoms with Gasteiger partial charge in [0.15, 0.2) is 0 Å². The molecular weight excluding hydrogens is 228 g/mol. The van der Waals surface area contributed by atoms with Crippen LogP contribution in [0.15, 0.2) is 18.2 Å². The summed E-state index contributed by atoms with van der Waals surface area (Å²) in [4.78, 5) is 11.8. The van der Waals surface area contributed by atoms with E-state index in [4.69, 9.17) is 15.3 Å². The highest BCUT2D eigenvalue weighted by Crippen LogP contribution is 2.18. The van der Waals surface area contributed by atoms with Gasteiger partial charge in [0.1, 0.15) is 0 Å². The molecule has 0 amide bonds. The van der Waals surface area contributed by atoms with Crippen LogP contribution < -0.4 is 0 Å². The van der Waals surface area contributed by atoms with E-state index in [1.54, 1.807) is 19.1 Å². The minimum Gasteiger partial charge on any atom is -0.462 e. The molecule has 0 spiro atoms. The largest absolute Gasteiger partial charge is 0.462 e. The summed E-state index contributed by atoms with van der Waals surface area (Å²) in [6.07, 6.45) is 1.06. The summed E-state index contributed by atoms with van der Waals surface area (Å²) in [6, 6.07) is 9.35. The highest BCUT2D eigenvalue weighted by atomic mass is 16.5. The van der Waals surface area contributed by atoms with Crippen LogP contribution in [0.4, 0.5) is 0 Å². The molecule has 1 aromatic carbocycles. The van der Waals surface area contributed by atoms with Gasteiger partial charge >= 0.3 is 5.97 Å². The number of nitriles is 2. The molecule has 0 aromatic heterocycles. The number of hydrogen-bond donors (Lipinski definition) is 0. The van der Waals surface area contributed by atoms with Crippen molar-refractivity contribution in [2.75, 3.05) is 6.61 Å². The molecule has 0 aliphatic heterocycles. The van der Waals surface area contributed by atoms with Gasteiger partial charge in [-0.15, -0.1) is 0 Å². The molecule has 18 heavy (non-hydrogen) atoms. The SMILES string of the molecule is CCOC(=O)c1cccc(CCC#N)c1CC#N. The summed E-state index contributed by atoms with van der Waals surface area (Å²) < 4.78 is 4.96. The number of nitrogens with zero attached hydrogens (tertiary/aromatic N) is 2. The van der Waals surface area contributed by atoms with Gasteiger partial charge in [-0.05, 0) is 30.5 Å². The highest BCUT2D eigenvalue weighted by Gasteiger charge is 2.15. The van der Waals surface area contributed by atoms with Crippen LogP contribution in [0.25, 0.3) is 0 Å². The molecule has 92 valence electrons. The van der Waals surface area contributed by atoms with E-state index in [1.807, 2.05) is 12.1 Å². The molecule has 0 radical (unpaired) electrons. The van der Waals surface area contributed by atoms with Crippen LogP contribution in [0, 0.1) is 22.7 Å². The lowest BCUT2D eigenvalue weighted by Gasteiger charge is -2.10. The fourth-order valence-electron chi connectivity index (χ4n) is 1.75. The second-order valence-corrected chi connectivity index (χ2v) is 3.66. The molecule has 4 nitrogen and oxygen atoms in total. The number of benzene rings is 1. The normalized spacial score (nSPS) is 9.28. The van der Waals surface area contributed by atoms with Crippen molar-refractivity contribution in [3.05, 3.63) is 34.9 Å². The lowest BCUT2D eigenvalue weighted by molar-refractivity contribution is 0.0525. The van der Waals surface area contributed by atoms with Crippen LogP contribution in [-0.4, -0.2) is 12.6 Å². The van der Waals surface area contributed by atoms with Crippen molar-refractivity contribution < 1.29 is 9.53 Å². The third-order valence-electron chi connectivity index (χ3n) is 2.53. The van der Waals surface area contributed by atoms with Gasteiger partial charge in [0.2, 0.25) is 0 Å². The molecule has 0 saturated carbocycles. The first kappa shape index (κ1) is 13.7. The Bertz CT molecular complexity index is 510. The third kappa shape index (κ3) is 3.33. The topological polar surface area (TPSA) is 73.9 Å². The van der Waals surface area contributed by atoms with Crippen molar-refractivity contribution in [1.82, 2.24) is 0 Å². The molecule has 0 heterocycles. The van der Waals surface area contributed by atoms with Crippen LogP contribution in [0.3, 0.4) is 0 Å². The van der Waals surface area contributed by atoms with Gasteiger partial charge in [-0.3, -0.25) is 0 Å². The van der Waals surface area contributed by atoms with Gasteiger partial charge in [-0.1, -0.05) is 12.1 Å². The first-order chi connectivity index (χ1) is 8.74. The highest BCUT2D eigenvalue weighted by molar-refractivity contribution is 5.91. The number of esters is 1. The number of ether oxygens (including phenoxy) is 1. The summed E-state index contributed by atoms with van der Waals surface area (Å²) in [5, 5.41) is 17.4. The lowest BCUT2D eigenvalue weighted by Crippen LogP contribution is -2.10. The van der Waals surface area contributed by atoms with E-state index in [0.717, 1.165) is 5.56 Å². The number of rotatable bonds is 5. The van der Waals surface area contributed by atoms with Crippen molar-refractivity contribution in [2.24, 2.45) is 0 Å². The Balaban J connectivity index is 3.13. The van der Waals surface area contributed by atoms with Crippen molar-refractivity contribution in [3.8, 4) is 12.1 Å². The van der Waals surface area contributed by atoms with E-state index in [2.05, 4.69) is 6.07 Å². The lowest BCUT2D eigenvalue weighted by atomic mass is 9.96. The minimum absolute atomic E-state index is 0.149. The van der Waals surface area contributed by atoms with Crippen molar-refractivity contribution in [1.29, 1.82) is 10.5 Å². The zero-order valence-electron chi connectivity index (χ0n) is 10.3. The molecule has 0 aliphatic carbocycles. The molecule has 1 aromatic rings. The summed E-state index contributed by atoms with van der Waals surface area (Å²) in [5.41, 5.74) is 1.96. The van der Waals surface area contributed by atoms with E-state index in [1.165, 1.54) is 0 Å². The molecule has 4 heteroatoms. The third-order valence-corrected chi connectivity index (χ3v) is 2.53. The van der Waals surface area contributed by atoms with Crippen molar-refractivity contribution in [3.63, 3.8) is 0 Å². The second-order valence-electron chi connectivity index (χ2n) is 3.66. The number of carbonyl (C=O) groups excluding carboxylic acids is 1. The molecule has 0 aliphatic rings. The molecule has 0 saturated heterocycles. The maximum Gasteiger partial charge on any atom is 0.338 e. The van der Waals surface area contributed by atoms with Crippen LogP contribution >= 0.6 is 0 Å². The van der Waals surface area contributed by atoms with Gasteiger partial charge in [0.05, 0.1) is 30.7 Å². The Morgan fingerprint density at radius 2 is 2.11 bits per heavy atom. The zero-order valence-corrected chi connectivity index (χ0v) is 10.3. The second kappa shape index (κ2) is 7.09. The first-order valence-electron chi connectivity index (χ1n) is 5.76. The first-order valence-corrected chi connectivity index (χ1v) is 5.76. The van der Waals surface area contributed by atoms with Gasteiger partial charge in [0, 0.05) is 6.42 Å². The van der Waals surface area contributed by atoms with Gasteiger partial charge < -0.3 is 4.74 Å². The molecule has 0 N–H and O–H groups in total. The summed E-state index contributed by atoms with van der Waals surface area (Å²) in [5.74, 6) is -0.415. The molecule has 0 bridgehead atoms. The number of hydrogen-bond acceptors (Lipinski definition) is 4. The molecular formula is C14H14N2O2. The summed E-state index contributed by atoms with van der Waals surface area (Å²) in [7, 11) is 0. The average Bonchev–Trinajstić information content (AvgIpc) is 2.38. The Kier molecular flexibility index (Phi) is 5.41. The van der Waals surface area contributed by atoms with Crippen LogP contribution in [0.2, 0.25) is 0 Å². The summed E-state index contributed by atoms with van der Waals surface area (Å²) in [6.45, 7) is 2.04. The van der Waals surface area contributed by atoms with Gasteiger partial charge in [0.25, 0.3) is 0 Å². The Morgan fingerprint density at radius 3 is 2.72 bits per heavy atom. The van der Waals surface area contributed by atoms with E-state index in [0.29, 0.717) is 30.6 Å². The van der Waals surface area contributed by atoms with Crippen molar-refractivity contribution >= 4 is 5.97 Å². The minimum atomic E-state index is -0.415. The van der Waals surface area contributed by atoms with Crippen LogP contribution in [-0.2, 0) is 17.6 Å². The zero-order chi connectivity index (χ0) is 13.4. The van der Waals surface area contributed by atoms with E-state index in [9.17, 15) is 4.79 Å². The maximum atomic E-state index is 11.8. The van der Waals surface area contributed by atoms with Crippen LogP contribution in [0.1, 0.15) is 34.8 Å². The molecule has 0 atom stereocenters. The van der Waals surface area contributed by atoms with Gasteiger partial charge in [-0.25, -0.2) is 4.79 Å². The Morgan fingerprint density at radius 1 is 1.33 bits per heavy atom. The summed E-state index contributed by atoms with van der Waals surface area (Å²) >= 11 is 0. The Hall–Kier alpha value is -2.33. The fourth-order valence-corrected chi connectivity index (χ4v) is 1.75. The maximum absolute atomic E-state index is 11.8. The smallest absolute Gasteiger partial charge is 0.338 e. The van der Waals surface area contributed by atoms with Gasteiger partial charge in [-0.2, -0.15) is 10.5 Å². The van der Waals surface area contributed by atoms with Crippen molar-refractivity contribution in [2.45, 2.75) is 26.2 Å². The molecule has 1 rings (SSSR count). The monoisotopic (exact) mass is 242 g/mol. The van der Waals surface area contributed by atoms with E-state index in [-0.39, 0.29) is 6.42 Å². The predicted octanol–water partition coefficient (Wildman–Crippen LogP) is 2.39. The number of aryl methyl sites for hydroxylation is 1. The van der Waals surface area contributed by atoms with E-state index >= 15 is 0 Å². The predicted molar refractivity (Wildman–Crippen MR) is 65.6 cm³/mol. The van der Waals surface area contributed by atoms with Crippen LogP contribution in [0.5, 0.6) is 0 Å². The van der Waals surface area contributed by atoms with E-state index < -0.39 is 5.97 Å². The standard InChI is InChI=1S/C14H14N2O2/c1-2-18-14(17)13-7-3-5-11(6-4-9-15)12(13)8-10-16/h3,5,7H,2,4,6,8H2,1H3. The molecule has 0 fully saturated rings. The average molecular weight is 242 g/mol. The Labute approximate surface area is 106 Å². The molecule has 0 unspecified atom stereocenters. The fraction of sp³-hybridized carbons (Fsp3) is 0.357. The quantitative estimate of drug-likeness (QED) is 0.743.